The summed E-state index contributed by atoms with van der Waals surface area (Å²) in [6.45, 7) is 1.36. The molecule has 0 aromatic heterocycles. The van der Waals surface area contributed by atoms with Gasteiger partial charge in [-0.1, -0.05) is 56.5 Å². The van der Waals surface area contributed by atoms with Crippen molar-refractivity contribution in [1.29, 1.82) is 0 Å². The van der Waals surface area contributed by atoms with E-state index in [0.717, 1.165) is 42.0 Å². The number of amides is 2. The largest absolute Gasteiger partial charge is 0.497 e. The summed E-state index contributed by atoms with van der Waals surface area (Å²) < 4.78 is 45.6. The second-order valence-corrected chi connectivity index (χ2v) is 12.9. The van der Waals surface area contributed by atoms with E-state index in [1.165, 1.54) is 37.3 Å². The molecule has 0 saturated heterocycles. The minimum absolute atomic E-state index is 0.00598. The molecule has 3 aromatic carbocycles. The van der Waals surface area contributed by atoms with E-state index in [2.05, 4.69) is 5.32 Å². The van der Waals surface area contributed by atoms with Crippen LogP contribution < -0.4 is 23.8 Å². The van der Waals surface area contributed by atoms with Crippen LogP contribution in [0.15, 0.2) is 77.7 Å². The summed E-state index contributed by atoms with van der Waals surface area (Å²) in [7, 11) is 0.209. The molecular formula is C34H43N3O7S. The number of hydrogen-bond acceptors (Lipinski definition) is 7. The second-order valence-electron chi connectivity index (χ2n) is 11.0. The summed E-state index contributed by atoms with van der Waals surface area (Å²) in [5, 5.41) is 3.16. The van der Waals surface area contributed by atoms with E-state index in [4.69, 9.17) is 14.2 Å². The minimum Gasteiger partial charge on any atom is -0.497 e. The zero-order valence-electron chi connectivity index (χ0n) is 26.4. The molecule has 1 aliphatic carbocycles. The zero-order valence-corrected chi connectivity index (χ0v) is 27.2. The molecule has 2 amide bonds. The van der Waals surface area contributed by atoms with Crippen LogP contribution in [0.1, 0.15) is 51.0 Å². The molecule has 4 rings (SSSR count). The van der Waals surface area contributed by atoms with Crippen molar-refractivity contribution in [3.05, 3.63) is 78.4 Å². The van der Waals surface area contributed by atoms with E-state index in [-0.39, 0.29) is 34.8 Å². The van der Waals surface area contributed by atoms with E-state index in [0.29, 0.717) is 17.9 Å². The van der Waals surface area contributed by atoms with Crippen molar-refractivity contribution >= 4 is 27.5 Å². The fourth-order valence-corrected chi connectivity index (χ4v) is 7.05. The van der Waals surface area contributed by atoms with Crippen LogP contribution in [0.2, 0.25) is 0 Å². The molecule has 0 bridgehead atoms. The molecule has 1 aliphatic rings. The Morgan fingerprint density at radius 2 is 1.51 bits per heavy atom. The van der Waals surface area contributed by atoms with E-state index in [9.17, 15) is 18.0 Å². The molecule has 242 valence electrons. The summed E-state index contributed by atoms with van der Waals surface area (Å²) in [6.07, 6.45) is 5.37. The highest BCUT2D eigenvalue weighted by atomic mass is 32.2. The van der Waals surface area contributed by atoms with Crippen LogP contribution in [0.25, 0.3) is 0 Å². The molecule has 3 aromatic rings. The number of ether oxygens (including phenoxy) is 3. The summed E-state index contributed by atoms with van der Waals surface area (Å²) in [5.41, 5.74) is 0.905. The Morgan fingerprint density at radius 3 is 2.11 bits per heavy atom. The predicted molar refractivity (Wildman–Crippen MR) is 173 cm³/mol. The first-order valence-electron chi connectivity index (χ1n) is 15.2. The lowest BCUT2D eigenvalue weighted by Crippen LogP contribution is -2.54. The van der Waals surface area contributed by atoms with Gasteiger partial charge in [-0.15, -0.1) is 0 Å². The monoisotopic (exact) mass is 637 g/mol. The highest BCUT2D eigenvalue weighted by molar-refractivity contribution is 7.92. The fourth-order valence-electron chi connectivity index (χ4n) is 5.62. The van der Waals surface area contributed by atoms with Gasteiger partial charge in [0.05, 0.1) is 31.9 Å². The summed E-state index contributed by atoms with van der Waals surface area (Å²) in [6, 6.07) is 19.1. The third-order valence-electron chi connectivity index (χ3n) is 8.11. The van der Waals surface area contributed by atoms with Gasteiger partial charge in [-0.2, -0.15) is 0 Å². The molecule has 45 heavy (non-hydrogen) atoms. The molecule has 11 heteroatoms. The van der Waals surface area contributed by atoms with Crippen LogP contribution >= 0.6 is 0 Å². The molecule has 1 fully saturated rings. The third-order valence-corrected chi connectivity index (χ3v) is 9.89. The van der Waals surface area contributed by atoms with E-state index in [1.807, 2.05) is 19.1 Å². The number of nitrogens with zero attached hydrogens (tertiary/aromatic N) is 2. The first-order valence-corrected chi connectivity index (χ1v) is 16.7. The molecule has 1 saturated carbocycles. The summed E-state index contributed by atoms with van der Waals surface area (Å²) in [5.74, 6) is 0.499. The number of carbonyl (C=O) groups excluding carboxylic acids is 2. The van der Waals surface area contributed by atoms with Gasteiger partial charge < -0.3 is 24.4 Å². The minimum atomic E-state index is -4.26. The number of rotatable bonds is 14. The van der Waals surface area contributed by atoms with Crippen molar-refractivity contribution in [2.45, 2.75) is 69.0 Å². The quantitative estimate of drug-likeness (QED) is 0.260. The molecule has 0 radical (unpaired) electrons. The lowest BCUT2D eigenvalue weighted by atomic mass is 9.95. The Hall–Kier alpha value is -4.25. The summed E-state index contributed by atoms with van der Waals surface area (Å²) >= 11 is 0. The highest BCUT2D eigenvalue weighted by Crippen LogP contribution is 2.36. The van der Waals surface area contributed by atoms with Crippen LogP contribution in [0.4, 0.5) is 5.69 Å². The molecule has 0 heterocycles. The third kappa shape index (κ3) is 8.27. The molecule has 1 N–H and O–H groups in total. The van der Waals surface area contributed by atoms with Gasteiger partial charge in [0.1, 0.15) is 29.8 Å². The van der Waals surface area contributed by atoms with Gasteiger partial charge >= 0.3 is 0 Å². The lowest BCUT2D eigenvalue weighted by Gasteiger charge is -2.34. The standard InChI is InChI=1S/C34H43N3O7S/c1-5-30(34(39)35-26-12-8-6-9-13-26)36(23-25-16-18-27(42-2)19-17-25)33(38)24-37(45(40,41)29-14-10-7-11-15-29)31-22-28(43-3)20-21-32(31)44-4/h7,10-11,14-22,26,30H,5-6,8-9,12-13,23-24H2,1-4H3,(H,35,39)/t30-/m0/s1. The van der Waals surface area contributed by atoms with Gasteiger partial charge in [-0.3, -0.25) is 13.9 Å². The van der Waals surface area contributed by atoms with Gasteiger partial charge in [0.25, 0.3) is 10.0 Å². The Kier molecular flexibility index (Phi) is 11.7. The number of benzene rings is 3. The van der Waals surface area contributed by atoms with Crippen LogP contribution in [-0.4, -0.2) is 65.1 Å². The van der Waals surface area contributed by atoms with Gasteiger partial charge in [-0.05, 0) is 61.2 Å². The second kappa shape index (κ2) is 15.7. The van der Waals surface area contributed by atoms with Crippen molar-refractivity contribution in [2.24, 2.45) is 0 Å². The van der Waals surface area contributed by atoms with Crippen molar-refractivity contribution in [3.8, 4) is 17.2 Å². The average molecular weight is 638 g/mol. The lowest BCUT2D eigenvalue weighted by molar-refractivity contribution is -0.140. The van der Waals surface area contributed by atoms with Crippen molar-refractivity contribution in [3.63, 3.8) is 0 Å². The number of hydrogen-bond donors (Lipinski definition) is 1. The molecule has 10 nitrogen and oxygen atoms in total. The van der Waals surface area contributed by atoms with Gasteiger partial charge in [0.2, 0.25) is 11.8 Å². The number of sulfonamides is 1. The van der Waals surface area contributed by atoms with Crippen molar-refractivity contribution < 1.29 is 32.2 Å². The van der Waals surface area contributed by atoms with Crippen LogP contribution in [-0.2, 0) is 26.2 Å². The maximum atomic E-state index is 14.4. The van der Waals surface area contributed by atoms with Crippen LogP contribution in [0.5, 0.6) is 17.2 Å². The molecule has 0 spiro atoms. The highest BCUT2D eigenvalue weighted by Gasteiger charge is 2.35. The van der Waals surface area contributed by atoms with E-state index < -0.39 is 28.5 Å². The first kappa shape index (κ1) is 33.6. The van der Waals surface area contributed by atoms with Gasteiger partial charge in [0, 0.05) is 18.7 Å². The Morgan fingerprint density at radius 1 is 0.867 bits per heavy atom. The fraction of sp³-hybridized carbons (Fsp3) is 0.412. The normalized spacial score (nSPS) is 14.2. The summed E-state index contributed by atoms with van der Waals surface area (Å²) in [4.78, 5) is 29.6. The smallest absolute Gasteiger partial charge is 0.264 e. The number of nitrogens with one attached hydrogen (secondary N) is 1. The maximum absolute atomic E-state index is 14.4. The number of carbonyl (C=O) groups is 2. The Bertz CT molecular complexity index is 1530. The number of methoxy groups -OCH3 is 3. The van der Waals surface area contributed by atoms with E-state index in [1.54, 1.807) is 49.6 Å². The van der Waals surface area contributed by atoms with Crippen molar-refractivity contribution in [1.82, 2.24) is 10.2 Å². The van der Waals surface area contributed by atoms with Gasteiger partial charge in [0.15, 0.2) is 0 Å². The van der Waals surface area contributed by atoms with Crippen molar-refractivity contribution in [2.75, 3.05) is 32.2 Å². The topological polar surface area (TPSA) is 114 Å². The van der Waals surface area contributed by atoms with E-state index >= 15 is 0 Å². The SMILES string of the molecule is CC[C@@H](C(=O)NC1CCCCC1)N(Cc1ccc(OC)cc1)C(=O)CN(c1cc(OC)ccc1OC)S(=O)(=O)c1ccccc1. The van der Waals surface area contributed by atoms with Crippen LogP contribution in [0.3, 0.4) is 0 Å². The molecule has 0 unspecified atom stereocenters. The molecule has 1 atom stereocenters. The van der Waals surface area contributed by atoms with Crippen LogP contribution in [0, 0.1) is 0 Å². The Balaban J connectivity index is 1.76. The number of anilines is 1. The first-order chi connectivity index (χ1) is 21.7. The maximum Gasteiger partial charge on any atom is 0.264 e. The predicted octanol–water partition coefficient (Wildman–Crippen LogP) is 5.16. The molecular weight excluding hydrogens is 594 g/mol. The Labute approximate surface area is 266 Å². The molecule has 0 aliphatic heterocycles. The van der Waals surface area contributed by atoms with Gasteiger partial charge in [-0.25, -0.2) is 8.42 Å². The zero-order chi connectivity index (χ0) is 32.4. The average Bonchev–Trinajstić information content (AvgIpc) is 3.07.